The number of hydrogen-bond acceptors (Lipinski definition) is 3. The molecule has 1 aromatic heterocycles. The molecule has 0 saturated heterocycles. The zero-order chi connectivity index (χ0) is 14.0. The van der Waals surface area contributed by atoms with E-state index in [0.717, 1.165) is 17.2 Å². The van der Waals surface area contributed by atoms with Gasteiger partial charge in [0.15, 0.2) is 0 Å². The highest BCUT2D eigenvalue weighted by Crippen LogP contribution is 2.33. The molecule has 1 N–H and O–H groups in total. The summed E-state index contributed by atoms with van der Waals surface area (Å²) in [5.74, 6) is -0.168. The number of aromatic nitrogens is 1. The molecule has 2 aromatic rings. The van der Waals surface area contributed by atoms with E-state index < -0.39 is 0 Å². The third kappa shape index (κ3) is 2.85. The van der Waals surface area contributed by atoms with Crippen LogP contribution in [0.1, 0.15) is 36.0 Å². The van der Waals surface area contributed by atoms with Crippen LogP contribution in [0.5, 0.6) is 0 Å². The topological polar surface area (TPSA) is 24.9 Å². The van der Waals surface area contributed by atoms with Crippen molar-refractivity contribution in [3.63, 3.8) is 0 Å². The van der Waals surface area contributed by atoms with Crippen molar-refractivity contribution in [3.8, 4) is 10.6 Å². The van der Waals surface area contributed by atoms with Crippen LogP contribution in [0.4, 0.5) is 4.39 Å². The molecular formula is C15H19FN2S. The lowest BCUT2D eigenvalue weighted by atomic mass is 10.1. The van der Waals surface area contributed by atoms with E-state index in [2.05, 4.69) is 24.1 Å². The van der Waals surface area contributed by atoms with E-state index in [1.807, 2.05) is 13.0 Å². The normalized spacial score (nSPS) is 12.7. The minimum Gasteiger partial charge on any atom is -0.310 e. The first-order valence-corrected chi connectivity index (χ1v) is 7.32. The Balaban J connectivity index is 2.42. The van der Waals surface area contributed by atoms with Gasteiger partial charge in [-0.05, 0) is 38.9 Å². The molecule has 1 unspecified atom stereocenters. The summed E-state index contributed by atoms with van der Waals surface area (Å²) < 4.78 is 14.1. The summed E-state index contributed by atoms with van der Waals surface area (Å²) in [7, 11) is 0. The molecule has 19 heavy (non-hydrogen) atoms. The van der Waals surface area contributed by atoms with E-state index >= 15 is 0 Å². The standard InChI is InChI=1S/C15H19FN2S/c1-5-17-10(3)14-11(4)18-15(19-14)12-8-6-7-9(2)13(12)16/h6-8,10,17H,5H2,1-4H3. The van der Waals surface area contributed by atoms with Gasteiger partial charge in [0.25, 0.3) is 0 Å². The Morgan fingerprint density at radius 1 is 1.37 bits per heavy atom. The van der Waals surface area contributed by atoms with Gasteiger partial charge in [0, 0.05) is 16.5 Å². The lowest BCUT2D eigenvalue weighted by Gasteiger charge is -2.09. The Kier molecular flexibility index (Phi) is 4.32. The van der Waals surface area contributed by atoms with Crippen LogP contribution in [0.3, 0.4) is 0 Å². The maximum absolute atomic E-state index is 14.1. The van der Waals surface area contributed by atoms with Crippen LogP contribution in [-0.4, -0.2) is 11.5 Å². The van der Waals surface area contributed by atoms with Crippen molar-refractivity contribution >= 4 is 11.3 Å². The van der Waals surface area contributed by atoms with E-state index in [-0.39, 0.29) is 11.9 Å². The zero-order valence-corrected chi connectivity index (χ0v) is 12.6. The van der Waals surface area contributed by atoms with Gasteiger partial charge >= 0.3 is 0 Å². The lowest BCUT2D eigenvalue weighted by molar-refractivity contribution is 0.603. The van der Waals surface area contributed by atoms with Gasteiger partial charge < -0.3 is 5.32 Å². The molecule has 0 radical (unpaired) electrons. The molecular weight excluding hydrogens is 259 g/mol. The quantitative estimate of drug-likeness (QED) is 0.905. The van der Waals surface area contributed by atoms with Gasteiger partial charge in [0.2, 0.25) is 0 Å². The van der Waals surface area contributed by atoms with Gasteiger partial charge in [-0.1, -0.05) is 19.1 Å². The average Bonchev–Trinajstić information content (AvgIpc) is 2.75. The Morgan fingerprint density at radius 2 is 2.11 bits per heavy atom. The minimum atomic E-state index is -0.168. The molecule has 0 amide bonds. The van der Waals surface area contributed by atoms with Crippen molar-refractivity contribution in [3.05, 3.63) is 40.2 Å². The summed E-state index contributed by atoms with van der Waals surface area (Å²) in [5.41, 5.74) is 2.24. The van der Waals surface area contributed by atoms with E-state index in [0.29, 0.717) is 11.1 Å². The summed E-state index contributed by atoms with van der Waals surface area (Å²) in [6.07, 6.45) is 0. The van der Waals surface area contributed by atoms with Crippen LogP contribution in [0.15, 0.2) is 18.2 Å². The van der Waals surface area contributed by atoms with Crippen molar-refractivity contribution in [2.45, 2.75) is 33.7 Å². The fourth-order valence-electron chi connectivity index (χ4n) is 2.14. The number of hydrogen-bond donors (Lipinski definition) is 1. The summed E-state index contributed by atoms with van der Waals surface area (Å²) in [6, 6.07) is 5.70. The fourth-order valence-corrected chi connectivity index (χ4v) is 3.25. The second-order valence-electron chi connectivity index (χ2n) is 4.68. The van der Waals surface area contributed by atoms with Crippen molar-refractivity contribution in [1.82, 2.24) is 10.3 Å². The van der Waals surface area contributed by atoms with E-state index in [4.69, 9.17) is 0 Å². The number of rotatable bonds is 4. The van der Waals surface area contributed by atoms with Crippen LogP contribution in [0, 0.1) is 19.7 Å². The summed E-state index contributed by atoms with van der Waals surface area (Å²) in [4.78, 5) is 5.70. The van der Waals surface area contributed by atoms with Gasteiger partial charge in [-0.3, -0.25) is 0 Å². The summed E-state index contributed by atoms with van der Waals surface area (Å²) >= 11 is 1.57. The third-order valence-corrected chi connectivity index (χ3v) is 4.53. The van der Waals surface area contributed by atoms with Crippen molar-refractivity contribution in [2.24, 2.45) is 0 Å². The van der Waals surface area contributed by atoms with Gasteiger partial charge in [-0.25, -0.2) is 9.37 Å². The first-order valence-electron chi connectivity index (χ1n) is 6.50. The maximum atomic E-state index is 14.1. The summed E-state index contributed by atoms with van der Waals surface area (Å²) in [6.45, 7) is 8.86. The van der Waals surface area contributed by atoms with Crippen LogP contribution < -0.4 is 5.32 Å². The van der Waals surface area contributed by atoms with E-state index in [1.54, 1.807) is 30.4 Å². The highest BCUT2D eigenvalue weighted by atomic mass is 32.1. The second kappa shape index (κ2) is 5.80. The van der Waals surface area contributed by atoms with Gasteiger partial charge in [0.05, 0.1) is 5.69 Å². The second-order valence-corrected chi connectivity index (χ2v) is 5.72. The van der Waals surface area contributed by atoms with Crippen LogP contribution in [-0.2, 0) is 0 Å². The van der Waals surface area contributed by atoms with Crippen molar-refractivity contribution in [1.29, 1.82) is 0 Å². The molecule has 0 fully saturated rings. The van der Waals surface area contributed by atoms with Crippen LogP contribution in [0.2, 0.25) is 0 Å². The van der Waals surface area contributed by atoms with E-state index in [9.17, 15) is 4.39 Å². The molecule has 0 bridgehead atoms. The number of benzene rings is 1. The molecule has 102 valence electrons. The van der Waals surface area contributed by atoms with Crippen molar-refractivity contribution in [2.75, 3.05) is 6.54 Å². The molecule has 1 atom stereocenters. The molecule has 0 aliphatic rings. The Labute approximate surface area is 117 Å². The largest absolute Gasteiger partial charge is 0.310 e. The molecule has 0 spiro atoms. The highest BCUT2D eigenvalue weighted by molar-refractivity contribution is 7.15. The minimum absolute atomic E-state index is 0.168. The lowest BCUT2D eigenvalue weighted by Crippen LogP contribution is -2.17. The molecule has 0 saturated carbocycles. The Bertz CT molecular complexity index is 578. The monoisotopic (exact) mass is 278 g/mol. The smallest absolute Gasteiger partial charge is 0.136 e. The first kappa shape index (κ1) is 14.2. The predicted molar refractivity (Wildman–Crippen MR) is 79.1 cm³/mol. The molecule has 1 aromatic carbocycles. The zero-order valence-electron chi connectivity index (χ0n) is 11.7. The first-order chi connectivity index (χ1) is 9.04. The third-order valence-electron chi connectivity index (χ3n) is 3.16. The fraction of sp³-hybridized carbons (Fsp3) is 0.400. The number of halogens is 1. The molecule has 0 aliphatic heterocycles. The molecule has 2 nitrogen and oxygen atoms in total. The van der Waals surface area contributed by atoms with E-state index in [1.165, 1.54) is 4.88 Å². The van der Waals surface area contributed by atoms with Gasteiger partial charge in [-0.15, -0.1) is 11.3 Å². The number of nitrogens with zero attached hydrogens (tertiary/aromatic N) is 1. The van der Waals surface area contributed by atoms with Gasteiger partial charge in [-0.2, -0.15) is 0 Å². The Hall–Kier alpha value is -1.26. The molecule has 1 heterocycles. The molecule has 0 aliphatic carbocycles. The summed E-state index contributed by atoms with van der Waals surface area (Å²) in [5, 5.41) is 4.13. The maximum Gasteiger partial charge on any atom is 0.136 e. The van der Waals surface area contributed by atoms with Crippen molar-refractivity contribution < 1.29 is 4.39 Å². The number of thiazole rings is 1. The van der Waals surface area contributed by atoms with Crippen LogP contribution in [0.25, 0.3) is 10.6 Å². The highest BCUT2D eigenvalue weighted by Gasteiger charge is 2.17. The van der Waals surface area contributed by atoms with Gasteiger partial charge in [0.1, 0.15) is 10.8 Å². The molecule has 2 rings (SSSR count). The SMILES string of the molecule is CCNC(C)c1sc(-c2cccc(C)c2F)nc1C. The number of aryl methyl sites for hydroxylation is 2. The Morgan fingerprint density at radius 3 is 2.79 bits per heavy atom. The average molecular weight is 278 g/mol. The molecule has 4 heteroatoms. The number of nitrogens with one attached hydrogen (secondary N) is 1. The van der Waals surface area contributed by atoms with Crippen LogP contribution >= 0.6 is 11.3 Å². The predicted octanol–water partition coefficient (Wildman–Crippen LogP) is 4.24.